The van der Waals surface area contributed by atoms with Crippen molar-refractivity contribution in [3.63, 3.8) is 0 Å². The number of nitrogens with zero attached hydrogens (tertiary/aromatic N) is 1. The molecule has 1 saturated heterocycles. The molecule has 1 atom stereocenters. The van der Waals surface area contributed by atoms with Gasteiger partial charge < -0.3 is 10.5 Å². The fourth-order valence-corrected chi connectivity index (χ4v) is 2.62. The van der Waals surface area contributed by atoms with E-state index in [9.17, 15) is 0 Å². The second kappa shape index (κ2) is 5.59. The summed E-state index contributed by atoms with van der Waals surface area (Å²) in [6.07, 6.45) is 1.11. The number of ether oxygens (including phenoxy) is 1. The second-order valence-corrected chi connectivity index (χ2v) is 5.21. The van der Waals surface area contributed by atoms with Crippen LogP contribution in [0.15, 0.2) is 42.5 Å². The first-order valence-corrected chi connectivity index (χ1v) is 6.91. The van der Waals surface area contributed by atoms with Crippen LogP contribution in [0.25, 0.3) is 10.8 Å². The molecule has 2 aromatic carbocycles. The van der Waals surface area contributed by atoms with Gasteiger partial charge in [-0.15, -0.1) is 0 Å². The van der Waals surface area contributed by atoms with Crippen LogP contribution in [0, 0.1) is 0 Å². The molecule has 1 aliphatic rings. The maximum atomic E-state index is 5.89. The molecule has 0 amide bonds. The van der Waals surface area contributed by atoms with Crippen molar-refractivity contribution in [1.82, 2.24) is 4.90 Å². The minimum atomic E-state index is 0.348. The quantitative estimate of drug-likeness (QED) is 0.912. The monoisotopic (exact) mass is 256 g/mol. The van der Waals surface area contributed by atoms with Crippen molar-refractivity contribution >= 4 is 10.8 Å². The van der Waals surface area contributed by atoms with Crippen LogP contribution >= 0.6 is 0 Å². The second-order valence-electron chi connectivity index (χ2n) is 5.21. The third-order valence-electron chi connectivity index (χ3n) is 3.71. The summed E-state index contributed by atoms with van der Waals surface area (Å²) in [5.74, 6) is 0.946. The largest absolute Gasteiger partial charge is 0.492 e. The summed E-state index contributed by atoms with van der Waals surface area (Å²) in [6, 6.07) is 14.9. The summed E-state index contributed by atoms with van der Waals surface area (Å²) >= 11 is 0. The maximum Gasteiger partial charge on any atom is 0.120 e. The number of fused-ring (bicyclic) bond motifs is 1. The first kappa shape index (κ1) is 12.5. The lowest BCUT2D eigenvalue weighted by atomic mass is 10.1. The molecule has 1 fully saturated rings. The Morgan fingerprint density at radius 3 is 2.79 bits per heavy atom. The lowest BCUT2D eigenvalue weighted by Gasteiger charge is -2.15. The first-order chi connectivity index (χ1) is 9.31. The number of nitrogens with two attached hydrogens (primary N) is 1. The molecule has 2 N–H and O–H groups in total. The number of likely N-dealkylation sites (tertiary alicyclic amines) is 1. The molecule has 0 bridgehead atoms. The van der Waals surface area contributed by atoms with Crippen LogP contribution in [0.5, 0.6) is 5.75 Å². The predicted octanol–water partition coefficient (Wildman–Crippen LogP) is 2.25. The Morgan fingerprint density at radius 2 is 2.00 bits per heavy atom. The summed E-state index contributed by atoms with van der Waals surface area (Å²) in [5.41, 5.74) is 5.89. The highest BCUT2D eigenvalue weighted by atomic mass is 16.5. The van der Waals surface area contributed by atoms with Crippen molar-refractivity contribution < 1.29 is 4.74 Å². The van der Waals surface area contributed by atoms with E-state index in [1.54, 1.807) is 0 Å². The maximum absolute atomic E-state index is 5.89. The number of rotatable bonds is 4. The van der Waals surface area contributed by atoms with Crippen LogP contribution in [0.1, 0.15) is 6.42 Å². The third-order valence-corrected chi connectivity index (χ3v) is 3.71. The summed E-state index contributed by atoms with van der Waals surface area (Å²) in [7, 11) is 0. The molecule has 2 aromatic rings. The molecular weight excluding hydrogens is 236 g/mol. The van der Waals surface area contributed by atoms with E-state index < -0.39 is 0 Å². The number of benzene rings is 2. The van der Waals surface area contributed by atoms with Crippen molar-refractivity contribution in [1.29, 1.82) is 0 Å². The van der Waals surface area contributed by atoms with Gasteiger partial charge in [0, 0.05) is 19.1 Å². The smallest absolute Gasteiger partial charge is 0.120 e. The van der Waals surface area contributed by atoms with E-state index >= 15 is 0 Å². The molecule has 1 heterocycles. The van der Waals surface area contributed by atoms with Gasteiger partial charge in [-0.2, -0.15) is 0 Å². The fraction of sp³-hybridized carbons (Fsp3) is 0.375. The number of hydrogen-bond donors (Lipinski definition) is 1. The van der Waals surface area contributed by atoms with E-state index in [4.69, 9.17) is 10.5 Å². The molecule has 100 valence electrons. The summed E-state index contributed by atoms with van der Waals surface area (Å²) in [6.45, 7) is 3.79. The average Bonchev–Trinajstić information content (AvgIpc) is 2.84. The van der Waals surface area contributed by atoms with Gasteiger partial charge in [-0.1, -0.05) is 30.3 Å². The van der Waals surface area contributed by atoms with Gasteiger partial charge in [0.1, 0.15) is 12.4 Å². The molecular formula is C16H20N2O. The predicted molar refractivity (Wildman–Crippen MR) is 78.5 cm³/mol. The Hall–Kier alpha value is -1.58. The highest BCUT2D eigenvalue weighted by Gasteiger charge is 2.18. The van der Waals surface area contributed by atoms with Crippen molar-refractivity contribution in [3.05, 3.63) is 42.5 Å². The van der Waals surface area contributed by atoms with Crippen LogP contribution in [-0.4, -0.2) is 37.2 Å². The normalized spacial score (nSPS) is 19.9. The van der Waals surface area contributed by atoms with E-state index in [1.165, 1.54) is 10.8 Å². The van der Waals surface area contributed by atoms with Crippen LogP contribution in [0.4, 0.5) is 0 Å². The van der Waals surface area contributed by atoms with E-state index in [-0.39, 0.29) is 0 Å². The summed E-state index contributed by atoms with van der Waals surface area (Å²) < 4.78 is 5.83. The lowest BCUT2D eigenvalue weighted by molar-refractivity contribution is 0.236. The van der Waals surface area contributed by atoms with Gasteiger partial charge in [0.2, 0.25) is 0 Å². The molecule has 0 spiro atoms. The molecule has 0 radical (unpaired) electrons. The minimum Gasteiger partial charge on any atom is -0.492 e. The van der Waals surface area contributed by atoms with Crippen molar-refractivity contribution in [2.45, 2.75) is 12.5 Å². The molecule has 0 aliphatic carbocycles. The Morgan fingerprint density at radius 1 is 1.16 bits per heavy atom. The molecule has 3 rings (SSSR count). The SMILES string of the molecule is N[C@H]1CCN(CCOc2ccc3ccccc3c2)C1. The minimum absolute atomic E-state index is 0.348. The van der Waals surface area contributed by atoms with Crippen LogP contribution in [0.2, 0.25) is 0 Å². The molecule has 0 unspecified atom stereocenters. The zero-order valence-corrected chi connectivity index (χ0v) is 11.1. The fourth-order valence-electron chi connectivity index (χ4n) is 2.62. The zero-order valence-electron chi connectivity index (χ0n) is 11.1. The zero-order chi connectivity index (χ0) is 13.1. The van der Waals surface area contributed by atoms with Gasteiger partial charge in [0.05, 0.1) is 0 Å². The molecule has 19 heavy (non-hydrogen) atoms. The van der Waals surface area contributed by atoms with E-state index in [1.807, 2.05) is 6.07 Å². The molecule has 0 aromatic heterocycles. The average molecular weight is 256 g/mol. The van der Waals surface area contributed by atoms with Gasteiger partial charge in [-0.05, 0) is 35.9 Å². The van der Waals surface area contributed by atoms with Gasteiger partial charge >= 0.3 is 0 Å². The molecule has 3 nitrogen and oxygen atoms in total. The Labute approximate surface area is 114 Å². The van der Waals surface area contributed by atoms with Crippen LogP contribution in [-0.2, 0) is 0 Å². The Kier molecular flexibility index (Phi) is 3.67. The van der Waals surface area contributed by atoms with Crippen LogP contribution < -0.4 is 10.5 Å². The molecule has 1 aliphatic heterocycles. The van der Waals surface area contributed by atoms with Gasteiger partial charge in [0.15, 0.2) is 0 Å². The third kappa shape index (κ3) is 3.06. The number of hydrogen-bond acceptors (Lipinski definition) is 3. The van der Waals surface area contributed by atoms with Crippen molar-refractivity contribution in [3.8, 4) is 5.75 Å². The first-order valence-electron chi connectivity index (χ1n) is 6.91. The molecule has 3 heteroatoms. The summed E-state index contributed by atoms with van der Waals surface area (Å²) in [4.78, 5) is 2.37. The highest BCUT2D eigenvalue weighted by molar-refractivity contribution is 5.83. The van der Waals surface area contributed by atoms with Gasteiger partial charge in [-0.3, -0.25) is 4.90 Å². The summed E-state index contributed by atoms with van der Waals surface area (Å²) in [5, 5.41) is 2.48. The van der Waals surface area contributed by atoms with Gasteiger partial charge in [0.25, 0.3) is 0 Å². The van der Waals surface area contributed by atoms with Crippen molar-refractivity contribution in [2.24, 2.45) is 5.73 Å². The van der Waals surface area contributed by atoms with E-state index in [0.717, 1.165) is 38.4 Å². The van der Waals surface area contributed by atoms with Crippen LogP contribution in [0.3, 0.4) is 0 Å². The van der Waals surface area contributed by atoms with Crippen molar-refractivity contribution in [2.75, 3.05) is 26.2 Å². The lowest BCUT2D eigenvalue weighted by Crippen LogP contribution is -2.29. The van der Waals surface area contributed by atoms with Gasteiger partial charge in [-0.25, -0.2) is 0 Å². The van der Waals surface area contributed by atoms with E-state index in [0.29, 0.717) is 6.04 Å². The Balaban J connectivity index is 1.56. The Bertz CT molecular complexity index is 555. The standard InChI is InChI=1S/C16H20N2O/c17-15-7-8-18(12-15)9-10-19-16-6-5-13-3-1-2-4-14(13)11-16/h1-6,11,15H,7-10,12,17H2/t15-/m0/s1. The topological polar surface area (TPSA) is 38.5 Å². The molecule has 0 saturated carbocycles. The van der Waals surface area contributed by atoms with E-state index in [2.05, 4.69) is 41.3 Å². The highest BCUT2D eigenvalue weighted by Crippen LogP contribution is 2.20.